The van der Waals surface area contributed by atoms with E-state index < -0.39 is 17.9 Å². The fourth-order valence-corrected chi connectivity index (χ4v) is 1.42. The van der Waals surface area contributed by atoms with Crippen LogP contribution in [0.25, 0.3) is 0 Å². The Morgan fingerprint density at radius 3 is 2.36 bits per heavy atom. The third-order valence-corrected chi connectivity index (χ3v) is 2.88. The van der Waals surface area contributed by atoms with E-state index >= 15 is 0 Å². The molecule has 0 saturated carbocycles. The molecule has 0 aromatic rings. The average Bonchev–Trinajstić information content (AvgIpc) is 2.02. The summed E-state index contributed by atoms with van der Waals surface area (Å²) in [6.07, 6.45) is 0.360. The number of carbonyl (C=O) groups is 2. The zero-order valence-electron chi connectivity index (χ0n) is 8.24. The van der Waals surface area contributed by atoms with Gasteiger partial charge in [0.05, 0.1) is 4.05 Å². The van der Waals surface area contributed by atoms with Gasteiger partial charge >= 0.3 is 5.97 Å². The molecule has 6 heteroatoms. The van der Waals surface area contributed by atoms with Gasteiger partial charge in [0.25, 0.3) is 0 Å². The van der Waals surface area contributed by atoms with Gasteiger partial charge in [0.1, 0.15) is 6.04 Å². The molecule has 82 valence electrons. The van der Waals surface area contributed by atoms with Crippen molar-refractivity contribution in [2.24, 2.45) is 5.73 Å². The lowest BCUT2D eigenvalue weighted by Crippen LogP contribution is -2.41. The molecule has 0 aliphatic carbocycles. The molecule has 0 radical (unpaired) electrons. The Labute approximate surface area is 96.8 Å². The molecule has 2 unspecified atom stereocenters. The number of hydrogen-bond acceptors (Lipinski definition) is 3. The SMILES string of the molecule is CC(I)N(C)C(CCC(N)=O)C(=O)O. The Bertz CT molecular complexity index is 221. The molecule has 0 aromatic heterocycles. The first-order valence-corrected chi connectivity index (χ1v) is 5.48. The minimum Gasteiger partial charge on any atom is -0.480 e. The van der Waals surface area contributed by atoms with Gasteiger partial charge in [-0.05, 0) is 20.4 Å². The quantitative estimate of drug-likeness (QED) is 0.423. The number of carboxylic acids is 1. The first-order valence-electron chi connectivity index (χ1n) is 4.23. The van der Waals surface area contributed by atoms with Gasteiger partial charge in [0, 0.05) is 6.42 Å². The summed E-state index contributed by atoms with van der Waals surface area (Å²) in [4.78, 5) is 23.1. The first-order chi connectivity index (χ1) is 6.36. The number of aliphatic carboxylic acids is 1. The van der Waals surface area contributed by atoms with E-state index in [1.807, 2.05) is 6.92 Å². The Balaban J connectivity index is 4.29. The average molecular weight is 314 g/mol. The number of hydrogen-bond donors (Lipinski definition) is 2. The molecular weight excluding hydrogens is 299 g/mol. The van der Waals surface area contributed by atoms with Crippen molar-refractivity contribution in [3.05, 3.63) is 0 Å². The van der Waals surface area contributed by atoms with Gasteiger partial charge in [0.15, 0.2) is 0 Å². The van der Waals surface area contributed by atoms with Crippen LogP contribution in [0.15, 0.2) is 0 Å². The summed E-state index contributed by atoms with van der Waals surface area (Å²) in [5.41, 5.74) is 4.96. The summed E-state index contributed by atoms with van der Waals surface area (Å²) >= 11 is 2.12. The number of likely N-dealkylation sites (N-methyl/N-ethyl adjacent to an activating group) is 1. The predicted molar refractivity (Wildman–Crippen MR) is 61.1 cm³/mol. The van der Waals surface area contributed by atoms with Gasteiger partial charge < -0.3 is 10.8 Å². The number of alkyl halides is 1. The van der Waals surface area contributed by atoms with Crippen LogP contribution in [0.5, 0.6) is 0 Å². The molecule has 0 aliphatic heterocycles. The van der Waals surface area contributed by atoms with Gasteiger partial charge in [-0.2, -0.15) is 0 Å². The highest BCUT2D eigenvalue weighted by atomic mass is 127. The highest BCUT2D eigenvalue weighted by Gasteiger charge is 2.25. The van der Waals surface area contributed by atoms with Crippen LogP contribution in [-0.4, -0.2) is 39.0 Å². The molecule has 0 aromatic carbocycles. The molecular formula is C8H15IN2O3. The number of nitrogens with zero attached hydrogens (tertiary/aromatic N) is 1. The molecule has 0 spiro atoms. The van der Waals surface area contributed by atoms with Crippen LogP contribution < -0.4 is 5.73 Å². The van der Waals surface area contributed by atoms with Crippen LogP contribution in [0.1, 0.15) is 19.8 Å². The minimum atomic E-state index is -0.919. The fraction of sp³-hybridized carbons (Fsp3) is 0.750. The standard InChI is InChI=1S/C8H15IN2O3/c1-5(9)11(2)6(8(13)14)3-4-7(10)12/h5-6H,3-4H2,1-2H3,(H2,10,12)(H,13,14). The highest BCUT2D eigenvalue weighted by Crippen LogP contribution is 2.13. The molecule has 1 amide bonds. The largest absolute Gasteiger partial charge is 0.480 e. The fourth-order valence-electron chi connectivity index (χ4n) is 1.03. The lowest BCUT2D eigenvalue weighted by molar-refractivity contribution is -0.143. The second-order valence-corrected chi connectivity index (χ2v) is 4.90. The van der Waals surface area contributed by atoms with Crippen LogP contribution >= 0.6 is 22.6 Å². The van der Waals surface area contributed by atoms with Crippen molar-refractivity contribution in [1.82, 2.24) is 4.90 Å². The number of carboxylic acid groups (broad SMARTS) is 1. The van der Waals surface area contributed by atoms with E-state index in [9.17, 15) is 9.59 Å². The van der Waals surface area contributed by atoms with Crippen LogP contribution in [-0.2, 0) is 9.59 Å². The van der Waals surface area contributed by atoms with Crippen molar-refractivity contribution in [1.29, 1.82) is 0 Å². The monoisotopic (exact) mass is 314 g/mol. The molecule has 0 rings (SSSR count). The van der Waals surface area contributed by atoms with Gasteiger partial charge in [-0.25, -0.2) is 0 Å². The van der Waals surface area contributed by atoms with E-state index in [1.54, 1.807) is 11.9 Å². The van der Waals surface area contributed by atoms with E-state index in [1.165, 1.54) is 0 Å². The third-order valence-electron chi connectivity index (χ3n) is 2.00. The molecule has 3 N–H and O–H groups in total. The van der Waals surface area contributed by atoms with Crippen molar-refractivity contribution in [3.8, 4) is 0 Å². The molecule has 0 fully saturated rings. The molecule has 0 bridgehead atoms. The van der Waals surface area contributed by atoms with Crippen LogP contribution in [0.4, 0.5) is 0 Å². The van der Waals surface area contributed by atoms with Gasteiger partial charge in [-0.1, -0.05) is 22.6 Å². The van der Waals surface area contributed by atoms with Crippen molar-refractivity contribution in [2.75, 3.05) is 7.05 Å². The Kier molecular flexibility index (Phi) is 6.01. The molecule has 0 heterocycles. The van der Waals surface area contributed by atoms with Gasteiger partial charge in [0.2, 0.25) is 5.91 Å². The summed E-state index contributed by atoms with van der Waals surface area (Å²) in [7, 11) is 1.72. The second-order valence-electron chi connectivity index (χ2n) is 3.10. The Morgan fingerprint density at radius 1 is 1.57 bits per heavy atom. The number of halogens is 1. The molecule has 5 nitrogen and oxygen atoms in total. The summed E-state index contributed by atoms with van der Waals surface area (Å²) < 4.78 is 0.0987. The van der Waals surface area contributed by atoms with E-state index in [-0.39, 0.29) is 16.9 Å². The molecule has 2 atom stereocenters. The number of nitrogens with two attached hydrogens (primary N) is 1. The summed E-state index contributed by atoms with van der Waals surface area (Å²) in [6, 6.07) is -0.644. The predicted octanol–water partition coefficient (Wildman–Crippen LogP) is 0.418. The van der Waals surface area contributed by atoms with E-state index in [4.69, 9.17) is 10.8 Å². The van der Waals surface area contributed by atoms with Crippen LogP contribution in [0.3, 0.4) is 0 Å². The van der Waals surface area contributed by atoms with Crippen molar-refractivity contribution < 1.29 is 14.7 Å². The lowest BCUT2D eigenvalue weighted by atomic mass is 10.1. The van der Waals surface area contributed by atoms with E-state index in [0.29, 0.717) is 0 Å². The summed E-state index contributed by atoms with van der Waals surface area (Å²) in [5.74, 6) is -1.39. The number of primary amides is 1. The minimum absolute atomic E-state index is 0.0987. The highest BCUT2D eigenvalue weighted by molar-refractivity contribution is 14.1. The van der Waals surface area contributed by atoms with Crippen LogP contribution in [0.2, 0.25) is 0 Å². The molecule has 0 aliphatic rings. The van der Waals surface area contributed by atoms with Gasteiger partial charge in [-0.15, -0.1) is 0 Å². The second kappa shape index (κ2) is 6.18. The lowest BCUT2D eigenvalue weighted by Gasteiger charge is -2.26. The topological polar surface area (TPSA) is 83.6 Å². The maximum Gasteiger partial charge on any atom is 0.320 e. The zero-order chi connectivity index (χ0) is 11.3. The smallest absolute Gasteiger partial charge is 0.320 e. The van der Waals surface area contributed by atoms with Crippen LogP contribution in [0, 0.1) is 0 Å². The summed E-state index contributed by atoms with van der Waals surface area (Å²) in [6.45, 7) is 1.89. The van der Waals surface area contributed by atoms with Crippen molar-refractivity contribution in [2.45, 2.75) is 29.9 Å². The molecule has 14 heavy (non-hydrogen) atoms. The molecule has 0 saturated heterocycles. The maximum atomic E-state index is 10.9. The maximum absolute atomic E-state index is 10.9. The number of amides is 1. The van der Waals surface area contributed by atoms with Gasteiger partial charge in [-0.3, -0.25) is 14.5 Å². The third kappa shape index (κ3) is 4.75. The number of carbonyl (C=O) groups excluding carboxylic acids is 1. The zero-order valence-corrected chi connectivity index (χ0v) is 10.4. The Hall–Kier alpha value is -0.370. The van der Waals surface area contributed by atoms with Crippen molar-refractivity contribution in [3.63, 3.8) is 0 Å². The first kappa shape index (κ1) is 13.6. The number of rotatable bonds is 6. The van der Waals surface area contributed by atoms with E-state index in [0.717, 1.165) is 0 Å². The normalized spacial score (nSPS) is 15.1. The van der Waals surface area contributed by atoms with E-state index in [2.05, 4.69) is 22.6 Å². The van der Waals surface area contributed by atoms with Crippen molar-refractivity contribution >= 4 is 34.5 Å². The Morgan fingerprint density at radius 2 is 2.07 bits per heavy atom. The summed E-state index contributed by atoms with van der Waals surface area (Å²) in [5, 5.41) is 8.91.